The molecule has 0 fully saturated rings. The lowest BCUT2D eigenvalue weighted by Gasteiger charge is -2.29. The largest absolute Gasteiger partial charge is 0.497 e. The quantitative estimate of drug-likeness (QED) is 0.515. The predicted octanol–water partition coefficient (Wildman–Crippen LogP) is 3.44. The van der Waals surface area contributed by atoms with Crippen LogP contribution in [-0.2, 0) is 9.53 Å². The van der Waals surface area contributed by atoms with Crippen molar-refractivity contribution in [3.8, 4) is 11.5 Å². The van der Waals surface area contributed by atoms with Gasteiger partial charge in [-0.3, -0.25) is 0 Å². The number of unbranched alkanes of at least 4 members (excludes halogenated alkanes) is 1. The fourth-order valence-corrected chi connectivity index (χ4v) is 3.34. The van der Waals surface area contributed by atoms with Crippen LogP contribution in [0.4, 0.5) is 4.79 Å². The summed E-state index contributed by atoms with van der Waals surface area (Å²) in [6.07, 6.45) is 1.69. The molecule has 142 valence electrons. The summed E-state index contributed by atoms with van der Waals surface area (Å²) in [5.74, 6) is 0.593. The maximum atomic E-state index is 12.7. The number of urea groups is 1. The zero-order valence-electron chi connectivity index (χ0n) is 15.3. The van der Waals surface area contributed by atoms with Gasteiger partial charge in [-0.1, -0.05) is 13.3 Å². The molecular weight excluding hydrogens is 404 g/mol. The Morgan fingerprint density at radius 2 is 2.00 bits per heavy atom. The molecule has 2 rings (SSSR count). The minimum Gasteiger partial charge on any atom is -0.497 e. The number of hydrogen-bond donors (Lipinski definition) is 2. The lowest BCUT2D eigenvalue weighted by atomic mass is 9.94. The first-order chi connectivity index (χ1) is 12.4. The number of esters is 1. The van der Waals surface area contributed by atoms with Crippen molar-refractivity contribution in [2.75, 3.05) is 20.8 Å². The lowest BCUT2D eigenvalue weighted by Crippen LogP contribution is -2.45. The fraction of sp³-hybridized carbons (Fsp3) is 0.444. The van der Waals surface area contributed by atoms with Crippen LogP contribution in [0.2, 0.25) is 0 Å². The highest BCUT2D eigenvalue weighted by atomic mass is 79.9. The number of allylic oxidation sites excluding steroid dienone is 1. The zero-order valence-corrected chi connectivity index (χ0v) is 16.9. The maximum absolute atomic E-state index is 12.7. The molecule has 1 atom stereocenters. The van der Waals surface area contributed by atoms with Crippen LogP contribution in [0.1, 0.15) is 38.3 Å². The van der Waals surface area contributed by atoms with Crippen LogP contribution in [-0.4, -0.2) is 32.8 Å². The van der Waals surface area contributed by atoms with Gasteiger partial charge in [-0.2, -0.15) is 0 Å². The summed E-state index contributed by atoms with van der Waals surface area (Å²) in [7, 11) is 3.06. The molecule has 0 spiro atoms. The van der Waals surface area contributed by atoms with Crippen LogP contribution in [0.25, 0.3) is 0 Å². The van der Waals surface area contributed by atoms with Gasteiger partial charge in [0.05, 0.1) is 36.9 Å². The van der Waals surface area contributed by atoms with Crippen molar-refractivity contribution < 1.29 is 23.8 Å². The average molecular weight is 427 g/mol. The molecule has 1 aromatic carbocycles. The number of ether oxygens (including phenoxy) is 3. The highest BCUT2D eigenvalue weighted by molar-refractivity contribution is 9.10. The summed E-state index contributed by atoms with van der Waals surface area (Å²) in [5, 5.41) is 5.40. The second-order valence-electron chi connectivity index (χ2n) is 5.79. The summed E-state index contributed by atoms with van der Waals surface area (Å²) in [6.45, 7) is 4.01. The number of hydrogen-bond acceptors (Lipinski definition) is 5. The number of halogens is 1. The van der Waals surface area contributed by atoms with Crippen LogP contribution in [0.15, 0.2) is 27.9 Å². The predicted molar refractivity (Wildman–Crippen MR) is 100 cm³/mol. The fourth-order valence-electron chi connectivity index (χ4n) is 2.72. The van der Waals surface area contributed by atoms with Crippen LogP contribution < -0.4 is 20.1 Å². The van der Waals surface area contributed by atoms with Crippen LogP contribution in [0.3, 0.4) is 0 Å². The molecule has 1 heterocycles. The molecule has 0 saturated carbocycles. The van der Waals surface area contributed by atoms with Gasteiger partial charge in [0.2, 0.25) is 0 Å². The van der Waals surface area contributed by atoms with E-state index in [9.17, 15) is 9.59 Å². The molecule has 8 heteroatoms. The maximum Gasteiger partial charge on any atom is 0.338 e. The Balaban J connectivity index is 2.50. The van der Waals surface area contributed by atoms with Gasteiger partial charge in [0.1, 0.15) is 11.5 Å². The molecule has 0 saturated heterocycles. The number of carbonyl (C=O) groups is 2. The molecule has 26 heavy (non-hydrogen) atoms. The minimum atomic E-state index is -0.723. The Kier molecular flexibility index (Phi) is 6.90. The van der Waals surface area contributed by atoms with Gasteiger partial charge in [-0.25, -0.2) is 9.59 Å². The van der Waals surface area contributed by atoms with Crippen molar-refractivity contribution in [2.24, 2.45) is 0 Å². The van der Waals surface area contributed by atoms with Crippen molar-refractivity contribution in [2.45, 2.75) is 32.7 Å². The molecule has 0 aromatic heterocycles. The SMILES string of the molecule is CCCCOC(=O)C1=C(C)NC(=O)NC1c1cc(OC)cc(Br)c1OC. The van der Waals surface area contributed by atoms with E-state index in [1.54, 1.807) is 26.2 Å². The van der Waals surface area contributed by atoms with Crippen molar-refractivity contribution in [3.05, 3.63) is 33.4 Å². The molecule has 1 aliphatic heterocycles. The third-order valence-electron chi connectivity index (χ3n) is 4.02. The van der Waals surface area contributed by atoms with E-state index in [1.165, 1.54) is 7.11 Å². The van der Waals surface area contributed by atoms with E-state index < -0.39 is 18.0 Å². The molecule has 2 amide bonds. The Bertz CT molecular complexity index is 733. The summed E-state index contributed by atoms with van der Waals surface area (Å²) in [4.78, 5) is 24.7. The second kappa shape index (κ2) is 8.93. The van der Waals surface area contributed by atoms with Crippen molar-refractivity contribution in [1.29, 1.82) is 0 Å². The van der Waals surface area contributed by atoms with Crippen LogP contribution >= 0.6 is 15.9 Å². The first-order valence-electron chi connectivity index (χ1n) is 8.29. The minimum absolute atomic E-state index is 0.325. The average Bonchev–Trinajstić information content (AvgIpc) is 2.60. The number of nitrogens with one attached hydrogen (secondary N) is 2. The van der Waals surface area contributed by atoms with E-state index in [4.69, 9.17) is 14.2 Å². The Labute approximate surface area is 161 Å². The van der Waals surface area contributed by atoms with Gasteiger partial charge in [0, 0.05) is 11.3 Å². The van der Waals surface area contributed by atoms with Gasteiger partial charge in [0.25, 0.3) is 0 Å². The van der Waals surface area contributed by atoms with Gasteiger partial charge in [-0.15, -0.1) is 0 Å². The van der Waals surface area contributed by atoms with E-state index in [0.717, 1.165) is 12.8 Å². The van der Waals surface area contributed by atoms with Gasteiger partial charge < -0.3 is 24.8 Å². The van der Waals surface area contributed by atoms with E-state index in [2.05, 4.69) is 26.6 Å². The van der Waals surface area contributed by atoms with Crippen molar-refractivity contribution in [1.82, 2.24) is 10.6 Å². The third kappa shape index (κ3) is 4.30. The van der Waals surface area contributed by atoms with Crippen LogP contribution in [0, 0.1) is 0 Å². The molecular formula is C18H23BrN2O5. The van der Waals surface area contributed by atoms with Gasteiger partial charge in [-0.05, 0) is 41.4 Å². The smallest absolute Gasteiger partial charge is 0.338 e. The summed E-state index contributed by atoms with van der Waals surface area (Å²) >= 11 is 3.44. The summed E-state index contributed by atoms with van der Waals surface area (Å²) in [6, 6.07) is 2.35. The number of methoxy groups -OCH3 is 2. The molecule has 0 radical (unpaired) electrons. The molecule has 7 nitrogen and oxygen atoms in total. The summed E-state index contributed by atoms with van der Waals surface area (Å²) in [5.41, 5.74) is 1.37. The highest BCUT2D eigenvalue weighted by Gasteiger charge is 2.34. The van der Waals surface area contributed by atoms with Gasteiger partial charge >= 0.3 is 12.0 Å². The molecule has 1 unspecified atom stereocenters. The molecule has 2 N–H and O–H groups in total. The molecule has 1 aliphatic rings. The number of amides is 2. The third-order valence-corrected chi connectivity index (χ3v) is 4.61. The van der Waals surface area contributed by atoms with Crippen molar-refractivity contribution >= 4 is 27.9 Å². The number of benzene rings is 1. The highest BCUT2D eigenvalue weighted by Crippen LogP contribution is 2.40. The Morgan fingerprint density at radius 3 is 2.62 bits per heavy atom. The first-order valence-corrected chi connectivity index (χ1v) is 9.09. The lowest BCUT2D eigenvalue weighted by molar-refractivity contribution is -0.139. The topological polar surface area (TPSA) is 85.9 Å². The zero-order chi connectivity index (χ0) is 19.3. The van der Waals surface area contributed by atoms with E-state index in [-0.39, 0.29) is 0 Å². The Morgan fingerprint density at radius 1 is 1.27 bits per heavy atom. The van der Waals surface area contributed by atoms with E-state index in [1.807, 2.05) is 6.92 Å². The molecule has 0 bridgehead atoms. The second-order valence-corrected chi connectivity index (χ2v) is 6.65. The number of rotatable bonds is 7. The van der Waals surface area contributed by atoms with Crippen molar-refractivity contribution in [3.63, 3.8) is 0 Å². The first kappa shape index (κ1) is 20.1. The normalized spacial score (nSPS) is 16.7. The van der Waals surface area contributed by atoms with E-state index >= 15 is 0 Å². The Hall–Kier alpha value is -2.22. The summed E-state index contributed by atoms with van der Waals surface area (Å²) < 4.78 is 16.8. The van der Waals surface area contributed by atoms with Crippen LogP contribution in [0.5, 0.6) is 11.5 Å². The number of carbonyl (C=O) groups excluding carboxylic acids is 2. The molecule has 1 aromatic rings. The van der Waals surface area contributed by atoms with Gasteiger partial charge in [0.15, 0.2) is 0 Å². The molecule has 0 aliphatic carbocycles. The van der Waals surface area contributed by atoms with E-state index in [0.29, 0.717) is 39.4 Å². The standard InChI is InChI=1S/C18H23BrN2O5/c1-5-6-7-26-17(22)14-10(2)20-18(23)21-15(14)12-8-11(24-3)9-13(19)16(12)25-4/h8-9,15H,5-7H2,1-4H3,(H2,20,21,23). The monoisotopic (exact) mass is 426 g/mol.